The third kappa shape index (κ3) is 4.14. The number of hydrogen-bond acceptors (Lipinski definition) is 9. The second-order valence-electron chi connectivity index (χ2n) is 4.76. The quantitative estimate of drug-likeness (QED) is 0.561. The van der Waals surface area contributed by atoms with Crippen LogP contribution in [0.2, 0.25) is 0 Å². The molecule has 1 aliphatic heterocycles. The number of nitrogens with two attached hydrogens (primary N) is 1. The molecule has 0 spiro atoms. The molecule has 10 nitrogen and oxygen atoms in total. The zero-order valence-corrected chi connectivity index (χ0v) is 14.4. The Bertz CT molecular complexity index is 792. The molecule has 0 bridgehead atoms. The molecule has 11 heteroatoms. The number of aldehydes is 1. The average Bonchev–Trinajstić information content (AvgIpc) is 3.12. The summed E-state index contributed by atoms with van der Waals surface area (Å²) in [6, 6.07) is -0.384. The van der Waals surface area contributed by atoms with Crippen molar-refractivity contribution < 1.29 is 14.4 Å². The van der Waals surface area contributed by atoms with E-state index in [1.165, 1.54) is 30.9 Å². The minimum absolute atomic E-state index is 0.0470. The highest BCUT2D eigenvalue weighted by Crippen LogP contribution is 2.25. The Balaban J connectivity index is 0.00000109. The molecule has 2 aromatic heterocycles. The molecule has 132 valence electrons. The van der Waals surface area contributed by atoms with Crippen LogP contribution in [0.25, 0.3) is 0 Å². The molecular formula is C14H17N7O3S. The zero-order chi connectivity index (χ0) is 18.4. The van der Waals surface area contributed by atoms with Crippen LogP contribution in [-0.4, -0.2) is 46.6 Å². The van der Waals surface area contributed by atoms with Gasteiger partial charge in [0.2, 0.25) is 5.91 Å². The number of amides is 2. The lowest BCUT2D eigenvalue weighted by molar-refractivity contribution is -0.114. The molecule has 3 heterocycles. The van der Waals surface area contributed by atoms with Crippen LogP contribution >= 0.6 is 11.3 Å². The van der Waals surface area contributed by atoms with Crippen molar-refractivity contribution in [2.24, 2.45) is 5.73 Å². The van der Waals surface area contributed by atoms with Gasteiger partial charge >= 0.3 is 0 Å². The van der Waals surface area contributed by atoms with E-state index < -0.39 is 5.91 Å². The van der Waals surface area contributed by atoms with Crippen LogP contribution in [-0.2, 0) is 4.79 Å². The molecule has 0 aromatic carbocycles. The summed E-state index contributed by atoms with van der Waals surface area (Å²) in [6.07, 6.45) is 3.38. The maximum Gasteiger partial charge on any atom is 0.272 e. The molecular weight excluding hydrogens is 346 g/mol. The average molecular weight is 363 g/mol. The van der Waals surface area contributed by atoms with Crippen LogP contribution in [0.1, 0.15) is 38.1 Å². The summed E-state index contributed by atoms with van der Waals surface area (Å²) in [5, 5.41) is 8.78. The Labute approximate surface area is 147 Å². The van der Waals surface area contributed by atoms with Crippen LogP contribution in [0.4, 0.5) is 11.5 Å². The summed E-state index contributed by atoms with van der Waals surface area (Å²) in [5.74, 6) is -0.394. The third-order valence-electron chi connectivity index (χ3n) is 3.12. The maximum absolute atomic E-state index is 12.4. The fourth-order valence-corrected chi connectivity index (χ4v) is 2.78. The van der Waals surface area contributed by atoms with Crippen molar-refractivity contribution in [1.82, 2.24) is 20.3 Å². The normalized spacial score (nSPS) is 13.3. The van der Waals surface area contributed by atoms with Gasteiger partial charge in [0.05, 0.1) is 17.5 Å². The monoisotopic (exact) mass is 363 g/mol. The minimum Gasteiger partial charge on any atom is -0.371 e. The number of nitrogens with zero attached hydrogens (tertiary/aromatic N) is 3. The number of nitrogens with one attached hydrogen (secondary N) is 3. The Morgan fingerprint density at radius 3 is 2.84 bits per heavy atom. The van der Waals surface area contributed by atoms with Crippen LogP contribution in [0.3, 0.4) is 0 Å². The van der Waals surface area contributed by atoms with Crippen LogP contribution in [0.15, 0.2) is 12.5 Å². The molecule has 2 amide bonds. The third-order valence-corrected chi connectivity index (χ3v) is 4.23. The molecule has 0 fully saturated rings. The van der Waals surface area contributed by atoms with Crippen molar-refractivity contribution in [3.8, 4) is 0 Å². The van der Waals surface area contributed by atoms with E-state index in [-0.39, 0.29) is 30.0 Å². The summed E-state index contributed by atoms with van der Waals surface area (Å²) in [6.45, 7) is 1.81. The molecule has 25 heavy (non-hydrogen) atoms. The number of aromatic nitrogens is 3. The molecule has 2 aromatic rings. The van der Waals surface area contributed by atoms with E-state index >= 15 is 0 Å². The molecule has 0 saturated heterocycles. The Kier molecular flexibility index (Phi) is 6.08. The van der Waals surface area contributed by atoms with Gasteiger partial charge in [0.1, 0.15) is 17.0 Å². The largest absolute Gasteiger partial charge is 0.371 e. The molecule has 0 saturated carbocycles. The Hall–Kier alpha value is -2.92. The van der Waals surface area contributed by atoms with Crippen LogP contribution in [0, 0.1) is 0 Å². The summed E-state index contributed by atoms with van der Waals surface area (Å²) < 4.78 is 0. The SMILES string of the molecule is CC(NC(=O)c1ncnc2c1NCC(=O)N2)c1ncc(C=O)s1.CN. The lowest BCUT2D eigenvalue weighted by Gasteiger charge is -2.20. The number of thiazole rings is 1. The standard InChI is InChI=1S/C13H12N6O3S.CH5N/c1-6(13-15-2-7(4-20)23-13)18-12(22)10-9-11(17-5-16-10)19-8(21)3-14-9;1-2/h2,4-6,14H,3H2,1H3,(H,18,22)(H,16,17,19,21);2H2,1H3. The summed E-state index contributed by atoms with van der Waals surface area (Å²) in [7, 11) is 1.50. The van der Waals surface area contributed by atoms with Gasteiger partial charge in [-0.05, 0) is 14.0 Å². The molecule has 3 rings (SSSR count). The molecule has 5 N–H and O–H groups in total. The summed E-state index contributed by atoms with van der Waals surface area (Å²) in [4.78, 5) is 46.9. The van der Waals surface area contributed by atoms with Crippen molar-refractivity contribution in [3.05, 3.63) is 28.1 Å². The predicted octanol–water partition coefficient (Wildman–Crippen LogP) is 0.176. The Morgan fingerprint density at radius 1 is 1.40 bits per heavy atom. The van der Waals surface area contributed by atoms with Gasteiger partial charge in [-0.25, -0.2) is 15.0 Å². The van der Waals surface area contributed by atoms with E-state index in [1.807, 2.05) is 0 Å². The first kappa shape index (κ1) is 18.4. The highest BCUT2D eigenvalue weighted by Gasteiger charge is 2.24. The van der Waals surface area contributed by atoms with Crippen LogP contribution in [0.5, 0.6) is 0 Å². The highest BCUT2D eigenvalue weighted by molar-refractivity contribution is 7.13. The smallest absolute Gasteiger partial charge is 0.272 e. The summed E-state index contributed by atoms with van der Waals surface area (Å²) in [5.41, 5.74) is 5.01. The first-order valence-electron chi connectivity index (χ1n) is 7.26. The number of anilines is 2. The van der Waals surface area contributed by atoms with E-state index in [0.717, 1.165) is 0 Å². The summed E-state index contributed by atoms with van der Waals surface area (Å²) >= 11 is 1.21. The van der Waals surface area contributed by atoms with Gasteiger partial charge in [0.15, 0.2) is 17.8 Å². The van der Waals surface area contributed by atoms with E-state index in [0.29, 0.717) is 21.9 Å². The number of fused-ring (bicyclic) bond motifs is 1. The molecule has 1 atom stereocenters. The van der Waals surface area contributed by atoms with Gasteiger partial charge in [-0.3, -0.25) is 14.4 Å². The molecule has 0 aliphatic carbocycles. The van der Waals surface area contributed by atoms with Crippen molar-refractivity contribution in [2.45, 2.75) is 13.0 Å². The van der Waals surface area contributed by atoms with Gasteiger partial charge in [0.25, 0.3) is 5.91 Å². The zero-order valence-electron chi connectivity index (χ0n) is 13.6. The van der Waals surface area contributed by atoms with E-state index in [1.54, 1.807) is 6.92 Å². The second-order valence-corrected chi connectivity index (χ2v) is 5.86. The molecule has 0 radical (unpaired) electrons. The number of hydrogen-bond donors (Lipinski definition) is 4. The highest BCUT2D eigenvalue weighted by atomic mass is 32.1. The van der Waals surface area contributed by atoms with E-state index in [2.05, 4.69) is 36.6 Å². The fourth-order valence-electron chi connectivity index (χ4n) is 2.05. The van der Waals surface area contributed by atoms with Crippen molar-refractivity contribution in [3.63, 3.8) is 0 Å². The maximum atomic E-state index is 12.4. The van der Waals surface area contributed by atoms with E-state index in [9.17, 15) is 14.4 Å². The lowest BCUT2D eigenvalue weighted by Crippen LogP contribution is -2.33. The first-order valence-corrected chi connectivity index (χ1v) is 8.08. The van der Waals surface area contributed by atoms with Crippen LogP contribution < -0.4 is 21.7 Å². The predicted molar refractivity (Wildman–Crippen MR) is 92.6 cm³/mol. The Morgan fingerprint density at radius 2 is 2.16 bits per heavy atom. The number of carbonyl (C=O) groups is 3. The lowest BCUT2D eigenvalue weighted by atomic mass is 10.2. The number of carbonyl (C=O) groups excluding carboxylic acids is 3. The van der Waals surface area contributed by atoms with Crippen molar-refractivity contribution in [1.29, 1.82) is 0 Å². The van der Waals surface area contributed by atoms with Gasteiger partial charge in [-0.2, -0.15) is 0 Å². The molecule has 1 aliphatic rings. The topological polar surface area (TPSA) is 152 Å². The van der Waals surface area contributed by atoms with Gasteiger partial charge in [-0.1, -0.05) is 0 Å². The molecule has 1 unspecified atom stereocenters. The van der Waals surface area contributed by atoms with Gasteiger partial charge in [-0.15, -0.1) is 11.3 Å². The number of rotatable bonds is 4. The first-order chi connectivity index (χ1) is 12.1. The van der Waals surface area contributed by atoms with Gasteiger partial charge in [0, 0.05) is 6.20 Å². The van der Waals surface area contributed by atoms with Crippen molar-refractivity contribution >= 4 is 40.9 Å². The van der Waals surface area contributed by atoms with Gasteiger partial charge < -0.3 is 21.7 Å². The fraction of sp³-hybridized carbons (Fsp3) is 0.286. The van der Waals surface area contributed by atoms with Crippen molar-refractivity contribution in [2.75, 3.05) is 24.2 Å². The van der Waals surface area contributed by atoms with E-state index in [4.69, 9.17) is 0 Å². The second kappa shape index (κ2) is 8.26. The minimum atomic E-state index is -0.428.